The zero-order chi connectivity index (χ0) is 14.9. The second-order valence-corrected chi connectivity index (χ2v) is 3.83. The number of hydrazine groups is 1. The molecule has 0 radical (unpaired) electrons. The lowest BCUT2D eigenvalue weighted by Gasteiger charge is -2.10. The lowest BCUT2D eigenvalue weighted by atomic mass is 9.99. The van der Waals surface area contributed by atoms with Crippen LogP contribution in [-0.2, 0) is 0 Å². The van der Waals surface area contributed by atoms with Gasteiger partial charge in [-0.2, -0.15) is 0 Å². The second kappa shape index (κ2) is 4.84. The van der Waals surface area contributed by atoms with Gasteiger partial charge < -0.3 is 0 Å². The van der Waals surface area contributed by atoms with Gasteiger partial charge >= 0.3 is 11.4 Å². The normalized spacial score (nSPS) is 10.1. The van der Waals surface area contributed by atoms with Crippen LogP contribution in [0.5, 0.6) is 0 Å². The zero-order valence-electron chi connectivity index (χ0n) is 10.3. The molecule has 0 fully saturated rings. The van der Waals surface area contributed by atoms with Crippen LogP contribution in [0.25, 0.3) is 0 Å². The minimum atomic E-state index is -0.997. The smallest absolute Gasteiger partial charge is 0.258 e. The van der Waals surface area contributed by atoms with Crippen molar-refractivity contribution in [3.63, 3.8) is 0 Å². The molecule has 102 valence electrons. The topological polar surface area (TPSA) is 141 Å². The number of nitro benzene ring substituents is 2. The van der Waals surface area contributed by atoms with E-state index in [4.69, 9.17) is 0 Å². The fraction of sp³-hybridized carbons (Fsp3) is 0.333. The zero-order valence-corrected chi connectivity index (χ0v) is 10.3. The average Bonchev–Trinajstić information content (AvgIpc) is 2.28. The summed E-state index contributed by atoms with van der Waals surface area (Å²) >= 11 is 0. The number of hydrogen-bond donors (Lipinski definition) is 1. The highest BCUT2D eigenvalue weighted by Gasteiger charge is 2.36. The minimum Gasteiger partial charge on any atom is -0.258 e. The molecule has 0 aliphatic carbocycles. The van der Waals surface area contributed by atoms with Crippen LogP contribution in [0.4, 0.5) is 17.1 Å². The van der Waals surface area contributed by atoms with Crippen molar-refractivity contribution < 1.29 is 14.9 Å². The SMILES string of the molecule is Cc1c(C)c(N[N+](=O)[O-])c([N+](=O)[O-])c([N+](=O)[O-])c1C. The quantitative estimate of drug-likeness (QED) is 0.651. The van der Waals surface area contributed by atoms with Crippen molar-refractivity contribution in [2.75, 3.05) is 5.43 Å². The van der Waals surface area contributed by atoms with Gasteiger partial charge in [0.25, 0.3) is 0 Å². The molecule has 10 nitrogen and oxygen atoms in total. The van der Waals surface area contributed by atoms with E-state index in [1.54, 1.807) is 5.43 Å². The third-order valence-electron chi connectivity index (χ3n) is 2.88. The van der Waals surface area contributed by atoms with Crippen LogP contribution < -0.4 is 5.43 Å². The van der Waals surface area contributed by atoms with Crippen molar-refractivity contribution in [1.82, 2.24) is 0 Å². The maximum atomic E-state index is 11.0. The standard InChI is InChI=1S/C9H10N4O6/c1-4-5(2)7(10-13(18)19)9(12(16)17)8(6(4)3)11(14)15/h10H,1-3H3. The lowest BCUT2D eigenvalue weighted by Crippen LogP contribution is -2.14. The van der Waals surface area contributed by atoms with Gasteiger partial charge in [-0.25, -0.2) is 10.1 Å². The summed E-state index contributed by atoms with van der Waals surface area (Å²) in [5.74, 6) is 0. The Kier molecular flexibility index (Phi) is 3.64. The van der Waals surface area contributed by atoms with Gasteiger partial charge in [-0.15, -0.1) is 5.43 Å². The van der Waals surface area contributed by atoms with Crippen LogP contribution in [0.2, 0.25) is 0 Å². The van der Waals surface area contributed by atoms with Gasteiger partial charge in [0.05, 0.1) is 9.85 Å². The number of rotatable bonds is 4. The van der Waals surface area contributed by atoms with Gasteiger partial charge in [0.1, 0.15) is 0 Å². The van der Waals surface area contributed by atoms with Crippen LogP contribution in [0.15, 0.2) is 0 Å². The molecule has 1 N–H and O–H groups in total. The Morgan fingerprint density at radius 2 is 1.26 bits per heavy atom. The second-order valence-electron chi connectivity index (χ2n) is 3.83. The molecule has 19 heavy (non-hydrogen) atoms. The summed E-state index contributed by atoms with van der Waals surface area (Å²) in [5, 5.41) is 31.4. The molecule has 1 aromatic carbocycles. The molecule has 0 saturated heterocycles. The molecule has 0 unspecified atom stereocenters. The summed E-state index contributed by atoms with van der Waals surface area (Å²) in [4.78, 5) is 30.5. The molecular formula is C9H10N4O6. The first kappa shape index (κ1) is 14.3. The van der Waals surface area contributed by atoms with Gasteiger partial charge in [-0.3, -0.25) is 20.2 Å². The molecule has 0 aromatic heterocycles. The Labute approximate surface area is 106 Å². The minimum absolute atomic E-state index is 0.114. The van der Waals surface area contributed by atoms with Crippen molar-refractivity contribution >= 4 is 17.1 Å². The lowest BCUT2D eigenvalue weighted by molar-refractivity contribution is -0.449. The molecule has 0 saturated carbocycles. The molecule has 0 atom stereocenters. The summed E-state index contributed by atoms with van der Waals surface area (Å²) in [5.41, 5.74) is 0.288. The average molecular weight is 270 g/mol. The number of anilines is 1. The maximum absolute atomic E-state index is 11.0. The molecule has 0 heterocycles. The fourth-order valence-corrected chi connectivity index (χ4v) is 1.75. The Morgan fingerprint density at radius 3 is 1.63 bits per heavy atom. The number of nitrogens with zero attached hydrogens (tertiary/aromatic N) is 3. The van der Waals surface area contributed by atoms with E-state index in [0.29, 0.717) is 5.56 Å². The number of benzene rings is 1. The first-order valence-corrected chi connectivity index (χ1v) is 5.02. The molecule has 0 amide bonds. The first-order valence-electron chi connectivity index (χ1n) is 5.02. The van der Waals surface area contributed by atoms with Crippen LogP contribution in [0, 0.1) is 51.1 Å². The van der Waals surface area contributed by atoms with Crippen LogP contribution in [-0.4, -0.2) is 14.9 Å². The molecule has 1 aromatic rings. The summed E-state index contributed by atoms with van der Waals surface area (Å²) in [7, 11) is 0. The summed E-state index contributed by atoms with van der Waals surface area (Å²) < 4.78 is 0. The summed E-state index contributed by atoms with van der Waals surface area (Å²) in [6, 6.07) is 0. The van der Waals surface area contributed by atoms with Crippen molar-refractivity contribution in [3.05, 3.63) is 47.0 Å². The Hall–Kier alpha value is -2.78. The molecule has 10 heteroatoms. The van der Waals surface area contributed by atoms with Crippen LogP contribution in [0.1, 0.15) is 16.7 Å². The van der Waals surface area contributed by atoms with Gasteiger partial charge in [-0.1, -0.05) is 0 Å². The molecule has 0 aliphatic rings. The Bertz CT molecular complexity index is 597. The molecule has 0 bridgehead atoms. The van der Waals surface area contributed by atoms with Gasteiger partial charge in [0, 0.05) is 5.56 Å². The number of hydrogen-bond acceptors (Lipinski definition) is 6. The maximum Gasteiger partial charge on any atom is 0.375 e. The van der Waals surface area contributed by atoms with E-state index in [2.05, 4.69) is 0 Å². The molecule has 1 rings (SSSR count). The van der Waals surface area contributed by atoms with Crippen molar-refractivity contribution in [2.24, 2.45) is 0 Å². The highest BCUT2D eigenvalue weighted by Crippen LogP contribution is 2.42. The van der Waals surface area contributed by atoms with E-state index in [1.807, 2.05) is 0 Å². The predicted octanol–water partition coefficient (Wildman–Crippen LogP) is 2.03. The Morgan fingerprint density at radius 1 is 0.789 bits per heavy atom. The van der Waals surface area contributed by atoms with Crippen molar-refractivity contribution in [2.45, 2.75) is 20.8 Å². The van der Waals surface area contributed by atoms with Gasteiger partial charge in [0.15, 0.2) is 10.7 Å². The molecule has 0 aliphatic heterocycles. The van der Waals surface area contributed by atoms with Crippen LogP contribution >= 0.6 is 0 Å². The van der Waals surface area contributed by atoms with E-state index in [9.17, 15) is 30.3 Å². The van der Waals surface area contributed by atoms with Crippen LogP contribution in [0.3, 0.4) is 0 Å². The number of nitrogens with one attached hydrogen (secondary N) is 1. The highest BCUT2D eigenvalue weighted by atomic mass is 16.7. The monoisotopic (exact) mass is 270 g/mol. The Balaban J connectivity index is 3.84. The summed E-state index contributed by atoms with van der Waals surface area (Å²) in [6.07, 6.45) is 0. The van der Waals surface area contributed by atoms with Gasteiger partial charge in [0.2, 0.25) is 0 Å². The van der Waals surface area contributed by atoms with Crippen molar-refractivity contribution in [3.8, 4) is 0 Å². The first-order chi connectivity index (χ1) is 8.68. The predicted molar refractivity (Wildman–Crippen MR) is 64.6 cm³/mol. The molecule has 0 spiro atoms. The van der Waals surface area contributed by atoms with E-state index < -0.39 is 31.9 Å². The third-order valence-corrected chi connectivity index (χ3v) is 2.88. The third kappa shape index (κ3) is 2.41. The number of nitro groups is 3. The summed E-state index contributed by atoms with van der Waals surface area (Å²) in [6.45, 7) is 4.29. The highest BCUT2D eigenvalue weighted by molar-refractivity contribution is 5.78. The largest absolute Gasteiger partial charge is 0.375 e. The fourth-order valence-electron chi connectivity index (χ4n) is 1.75. The molecular weight excluding hydrogens is 260 g/mol. The van der Waals surface area contributed by atoms with Crippen molar-refractivity contribution in [1.29, 1.82) is 0 Å². The van der Waals surface area contributed by atoms with E-state index in [1.165, 1.54) is 20.8 Å². The van der Waals surface area contributed by atoms with Gasteiger partial charge in [-0.05, 0) is 31.9 Å². The van der Waals surface area contributed by atoms with E-state index in [0.717, 1.165) is 0 Å². The van der Waals surface area contributed by atoms with E-state index in [-0.39, 0.29) is 11.1 Å². The van der Waals surface area contributed by atoms with E-state index >= 15 is 0 Å².